The molecule has 0 bridgehead atoms. The number of hydrogen-bond donors (Lipinski definition) is 3. The average molecular weight is 414 g/mol. The molecule has 30 heavy (non-hydrogen) atoms. The second kappa shape index (κ2) is 8.57. The summed E-state index contributed by atoms with van der Waals surface area (Å²) in [6.45, 7) is 5.37. The summed E-state index contributed by atoms with van der Waals surface area (Å²) in [6.07, 6.45) is 9.09. The van der Waals surface area contributed by atoms with Crippen LogP contribution < -0.4 is 11.1 Å². The average Bonchev–Trinajstić information content (AvgIpc) is 3.04. The van der Waals surface area contributed by atoms with Crippen LogP contribution in [0.5, 0.6) is 0 Å². The van der Waals surface area contributed by atoms with Gasteiger partial charge in [-0.2, -0.15) is 4.99 Å². The van der Waals surface area contributed by atoms with Crippen molar-refractivity contribution < 1.29 is 9.90 Å². The van der Waals surface area contributed by atoms with Crippen LogP contribution in [0.3, 0.4) is 0 Å². The Morgan fingerprint density at radius 2 is 2.03 bits per heavy atom. The maximum Gasteiger partial charge on any atom is 0.433 e. The SMILES string of the molecule is CC1CCC(Cn2cnc3nc(C(N)=NC(=O)O)nc(NC(C)C4CCC4)c32)CC1. The van der Waals surface area contributed by atoms with Gasteiger partial charge < -0.3 is 20.7 Å². The number of amidine groups is 1. The van der Waals surface area contributed by atoms with E-state index in [0.29, 0.717) is 23.3 Å². The molecule has 2 aromatic rings. The maximum atomic E-state index is 10.9. The van der Waals surface area contributed by atoms with E-state index in [2.05, 4.69) is 43.7 Å². The zero-order valence-corrected chi connectivity index (χ0v) is 17.7. The van der Waals surface area contributed by atoms with E-state index in [0.717, 1.165) is 18.0 Å². The molecule has 0 spiro atoms. The molecule has 9 heteroatoms. The highest BCUT2D eigenvalue weighted by Crippen LogP contribution is 2.33. The van der Waals surface area contributed by atoms with Crippen LogP contribution in [0.2, 0.25) is 0 Å². The number of nitrogens with one attached hydrogen (secondary N) is 1. The van der Waals surface area contributed by atoms with E-state index in [1.807, 2.05) is 6.33 Å². The molecule has 2 aliphatic carbocycles. The molecule has 1 atom stereocenters. The highest BCUT2D eigenvalue weighted by atomic mass is 16.4. The summed E-state index contributed by atoms with van der Waals surface area (Å²) < 4.78 is 2.14. The third-order valence-electron chi connectivity index (χ3n) is 6.73. The zero-order chi connectivity index (χ0) is 21.3. The van der Waals surface area contributed by atoms with Gasteiger partial charge in [-0.15, -0.1) is 0 Å². The van der Waals surface area contributed by atoms with Crippen LogP contribution in [0.1, 0.15) is 64.6 Å². The molecule has 2 heterocycles. The minimum atomic E-state index is -1.37. The topological polar surface area (TPSA) is 131 Å². The predicted molar refractivity (Wildman–Crippen MR) is 116 cm³/mol. The number of imidazole rings is 1. The van der Waals surface area contributed by atoms with E-state index in [-0.39, 0.29) is 17.7 Å². The number of aliphatic imine (C=N–C) groups is 1. The van der Waals surface area contributed by atoms with Crippen LogP contribution in [0, 0.1) is 17.8 Å². The third-order valence-corrected chi connectivity index (χ3v) is 6.73. The fraction of sp³-hybridized carbons (Fsp3) is 0.667. The van der Waals surface area contributed by atoms with Gasteiger partial charge in [-0.3, -0.25) is 0 Å². The Hall–Kier alpha value is -2.71. The van der Waals surface area contributed by atoms with E-state index < -0.39 is 6.09 Å². The lowest BCUT2D eigenvalue weighted by atomic mass is 9.80. The first-order chi connectivity index (χ1) is 14.4. The minimum absolute atomic E-state index is 0.0879. The molecule has 1 amide bonds. The van der Waals surface area contributed by atoms with Crippen LogP contribution in [-0.4, -0.2) is 42.6 Å². The molecular formula is C21H31N7O2. The van der Waals surface area contributed by atoms with Gasteiger partial charge in [0.1, 0.15) is 5.52 Å². The number of rotatable bonds is 6. The number of nitrogens with two attached hydrogens (primary N) is 1. The summed E-state index contributed by atoms with van der Waals surface area (Å²) in [5.74, 6) is 2.56. The molecule has 2 saturated carbocycles. The van der Waals surface area contributed by atoms with Crippen molar-refractivity contribution in [3.8, 4) is 0 Å². The lowest BCUT2D eigenvalue weighted by molar-refractivity contribution is 0.205. The molecule has 2 aromatic heterocycles. The zero-order valence-electron chi connectivity index (χ0n) is 17.7. The van der Waals surface area contributed by atoms with Crippen molar-refractivity contribution >= 4 is 28.9 Å². The van der Waals surface area contributed by atoms with Gasteiger partial charge in [0.15, 0.2) is 23.1 Å². The van der Waals surface area contributed by atoms with Crippen molar-refractivity contribution in [3.05, 3.63) is 12.2 Å². The molecule has 1 unspecified atom stereocenters. The van der Waals surface area contributed by atoms with Gasteiger partial charge >= 0.3 is 6.09 Å². The van der Waals surface area contributed by atoms with E-state index in [1.54, 1.807) is 0 Å². The highest BCUT2D eigenvalue weighted by molar-refractivity contribution is 6.01. The number of amides is 1. The lowest BCUT2D eigenvalue weighted by Gasteiger charge is -2.32. The van der Waals surface area contributed by atoms with E-state index in [4.69, 9.17) is 10.8 Å². The summed E-state index contributed by atoms with van der Waals surface area (Å²) in [5, 5.41) is 12.5. The van der Waals surface area contributed by atoms with Gasteiger partial charge in [0.25, 0.3) is 0 Å². The van der Waals surface area contributed by atoms with Crippen molar-refractivity contribution in [1.29, 1.82) is 0 Å². The van der Waals surface area contributed by atoms with Crippen molar-refractivity contribution in [3.63, 3.8) is 0 Å². The number of fused-ring (bicyclic) bond motifs is 1. The smallest absolute Gasteiger partial charge is 0.433 e. The molecule has 0 radical (unpaired) electrons. The van der Waals surface area contributed by atoms with Crippen LogP contribution in [0.15, 0.2) is 11.3 Å². The Morgan fingerprint density at radius 1 is 1.30 bits per heavy atom. The lowest BCUT2D eigenvalue weighted by Crippen LogP contribution is -2.32. The Kier molecular flexibility index (Phi) is 5.87. The molecule has 4 N–H and O–H groups in total. The number of hydrogen-bond acceptors (Lipinski definition) is 5. The summed E-state index contributed by atoms with van der Waals surface area (Å²) in [5.41, 5.74) is 7.20. The maximum absolute atomic E-state index is 10.9. The second-order valence-corrected chi connectivity index (χ2v) is 8.99. The van der Waals surface area contributed by atoms with Gasteiger partial charge in [0.2, 0.25) is 0 Å². The molecule has 0 saturated heterocycles. The number of nitrogens with zero attached hydrogens (tertiary/aromatic N) is 5. The van der Waals surface area contributed by atoms with Crippen LogP contribution in [-0.2, 0) is 6.54 Å². The van der Waals surface area contributed by atoms with Gasteiger partial charge in [0.05, 0.1) is 6.33 Å². The first-order valence-electron chi connectivity index (χ1n) is 11.0. The standard InChI is InChI=1S/C21H31N7O2/c1-12-6-8-14(9-7-12)10-28-11-23-18-16(28)19(24-13(2)15-4-3-5-15)27-20(26-18)17(22)25-21(29)30/h11-15H,3-10H2,1-2H3,(H2,22,25)(H,29,30)(H,24,26,27). The van der Waals surface area contributed by atoms with Crippen LogP contribution >= 0.6 is 0 Å². The molecule has 2 fully saturated rings. The van der Waals surface area contributed by atoms with Gasteiger partial charge in [-0.25, -0.2) is 19.7 Å². The van der Waals surface area contributed by atoms with Gasteiger partial charge in [-0.05, 0) is 50.4 Å². The number of carboxylic acid groups (broad SMARTS) is 1. The first kappa shape index (κ1) is 20.6. The molecule has 0 aliphatic heterocycles. The van der Waals surface area contributed by atoms with E-state index in [1.165, 1.54) is 44.9 Å². The number of carbonyl (C=O) groups is 1. The van der Waals surface area contributed by atoms with Crippen molar-refractivity contribution in [2.24, 2.45) is 28.5 Å². The normalized spacial score (nSPS) is 23.9. The molecule has 2 aliphatic rings. The molecule has 9 nitrogen and oxygen atoms in total. The fourth-order valence-electron chi connectivity index (χ4n) is 4.55. The largest absolute Gasteiger partial charge is 0.463 e. The van der Waals surface area contributed by atoms with Crippen LogP contribution in [0.4, 0.5) is 10.6 Å². The number of anilines is 1. The van der Waals surface area contributed by atoms with E-state index in [9.17, 15) is 4.79 Å². The molecule has 0 aromatic carbocycles. The Labute approximate surface area is 176 Å². The van der Waals surface area contributed by atoms with Crippen molar-refractivity contribution in [2.75, 3.05) is 5.32 Å². The fourth-order valence-corrected chi connectivity index (χ4v) is 4.55. The predicted octanol–water partition coefficient (Wildman–Crippen LogP) is 3.64. The highest BCUT2D eigenvalue weighted by Gasteiger charge is 2.26. The summed E-state index contributed by atoms with van der Waals surface area (Å²) >= 11 is 0. The Balaban J connectivity index is 1.68. The number of aromatic nitrogens is 4. The van der Waals surface area contributed by atoms with Crippen molar-refractivity contribution in [2.45, 2.75) is 71.4 Å². The molecule has 4 rings (SSSR count). The monoisotopic (exact) mass is 413 g/mol. The second-order valence-electron chi connectivity index (χ2n) is 8.99. The van der Waals surface area contributed by atoms with E-state index >= 15 is 0 Å². The molecule has 162 valence electrons. The summed E-state index contributed by atoms with van der Waals surface area (Å²) in [7, 11) is 0. The van der Waals surface area contributed by atoms with Gasteiger partial charge in [-0.1, -0.05) is 26.2 Å². The third kappa shape index (κ3) is 4.39. The summed E-state index contributed by atoms with van der Waals surface area (Å²) in [4.78, 5) is 27.8. The van der Waals surface area contributed by atoms with Crippen LogP contribution in [0.25, 0.3) is 11.2 Å². The first-order valence-corrected chi connectivity index (χ1v) is 11.0. The summed E-state index contributed by atoms with van der Waals surface area (Å²) in [6, 6.07) is 0.251. The Morgan fingerprint density at radius 3 is 2.67 bits per heavy atom. The Bertz CT molecular complexity index is 942. The molecular weight excluding hydrogens is 382 g/mol. The quantitative estimate of drug-likeness (QED) is 0.486. The van der Waals surface area contributed by atoms with Gasteiger partial charge in [0, 0.05) is 12.6 Å². The van der Waals surface area contributed by atoms with Crippen molar-refractivity contribution in [1.82, 2.24) is 19.5 Å². The minimum Gasteiger partial charge on any atom is -0.463 e.